The van der Waals surface area contributed by atoms with Gasteiger partial charge in [-0.05, 0) is 50.1 Å². The highest BCUT2D eigenvalue weighted by Crippen LogP contribution is 2.32. The zero-order valence-electron chi connectivity index (χ0n) is 23.2. The normalized spacial score (nSPS) is 20.0. The molecule has 3 N–H and O–H groups in total. The van der Waals surface area contributed by atoms with Crippen molar-refractivity contribution in [2.75, 3.05) is 6.54 Å². The summed E-state index contributed by atoms with van der Waals surface area (Å²) in [6.45, 7) is 4.90. The molecule has 1 saturated heterocycles. The van der Waals surface area contributed by atoms with E-state index in [1.54, 1.807) is 42.5 Å². The first-order valence-electron chi connectivity index (χ1n) is 13.4. The summed E-state index contributed by atoms with van der Waals surface area (Å²) in [4.78, 5) is 42.1. The van der Waals surface area contributed by atoms with Crippen LogP contribution in [0.15, 0.2) is 84.0 Å². The Bertz CT molecular complexity index is 1430. The molecule has 3 amide bonds. The lowest BCUT2D eigenvalue weighted by atomic mass is 9.98. The minimum Gasteiger partial charge on any atom is -0.508 e. The fourth-order valence-electron chi connectivity index (χ4n) is 4.98. The topological polar surface area (TPSA) is 123 Å². The number of aromatic hydroxyl groups is 1. The number of rotatable bonds is 9. The van der Waals surface area contributed by atoms with Crippen molar-refractivity contribution < 1.29 is 37.8 Å². The highest BCUT2D eigenvalue weighted by Gasteiger charge is 2.52. The second kappa shape index (κ2) is 12.6. The molecule has 1 fully saturated rings. The number of nitrogens with zero attached hydrogens (tertiary/aromatic N) is 2. The molecule has 0 bridgehead atoms. The summed E-state index contributed by atoms with van der Waals surface area (Å²) < 4.78 is 36.3. The molecule has 2 heterocycles. The van der Waals surface area contributed by atoms with Crippen molar-refractivity contribution in [2.45, 2.75) is 57.0 Å². The van der Waals surface area contributed by atoms with Crippen molar-refractivity contribution in [3.63, 3.8) is 0 Å². The number of phenolic OH excluding ortho intramolecular Hbond substituents is 1. The van der Waals surface area contributed by atoms with E-state index in [0.717, 1.165) is 11.0 Å². The summed E-state index contributed by atoms with van der Waals surface area (Å²) in [7, 11) is 0. The standard InChI is InChI=1S/C31H33F2N3O6/c1-4-25-29(40)35(17-22-12-9-15-42-22)20(3)31(32,33)18-36(25)30(41)27(38)24(16-21-10-6-5-7-11-21)34-28(39)23-13-8-14-26(37)19(23)2/h4-15,20,24-25,27,37-38H,1,16-18H2,2-3H3,(H,34,39)/t20?,24-,25-,27-/m0/s1. The van der Waals surface area contributed by atoms with E-state index in [2.05, 4.69) is 11.9 Å². The Morgan fingerprint density at radius 2 is 1.88 bits per heavy atom. The quantitative estimate of drug-likeness (QED) is 0.333. The van der Waals surface area contributed by atoms with Gasteiger partial charge in [0, 0.05) is 11.1 Å². The predicted octanol–water partition coefficient (Wildman–Crippen LogP) is 3.45. The molecule has 1 aromatic heterocycles. The molecule has 4 atom stereocenters. The molecule has 42 heavy (non-hydrogen) atoms. The SMILES string of the molecule is C=C[C@H]1C(=O)N(Cc2ccco2)C(C)C(F)(F)CN1C(=O)[C@@H](O)[C@H](Cc1ccccc1)NC(=O)c1cccc(O)c1C. The number of alkyl halides is 2. The van der Waals surface area contributed by atoms with Gasteiger partial charge in [0.2, 0.25) is 5.91 Å². The number of furan rings is 1. The predicted molar refractivity (Wildman–Crippen MR) is 150 cm³/mol. The van der Waals surface area contributed by atoms with Crippen LogP contribution in [0.5, 0.6) is 5.75 Å². The van der Waals surface area contributed by atoms with E-state index >= 15 is 8.78 Å². The van der Waals surface area contributed by atoms with E-state index in [9.17, 15) is 24.6 Å². The van der Waals surface area contributed by atoms with Gasteiger partial charge in [0.25, 0.3) is 17.7 Å². The molecule has 3 aromatic rings. The molecule has 1 aliphatic heterocycles. The monoisotopic (exact) mass is 581 g/mol. The Morgan fingerprint density at radius 3 is 2.52 bits per heavy atom. The van der Waals surface area contributed by atoms with Crippen LogP contribution in [0.2, 0.25) is 0 Å². The smallest absolute Gasteiger partial charge is 0.285 e. The lowest BCUT2D eigenvalue weighted by molar-refractivity contribution is -0.150. The number of halogens is 2. The third-order valence-electron chi connectivity index (χ3n) is 7.54. The molecule has 0 aliphatic carbocycles. The van der Waals surface area contributed by atoms with E-state index in [1.807, 2.05) is 0 Å². The van der Waals surface area contributed by atoms with Crippen molar-refractivity contribution in [1.29, 1.82) is 0 Å². The number of aliphatic hydroxyl groups is 1. The molecule has 0 spiro atoms. The first-order chi connectivity index (χ1) is 19.9. The first kappa shape index (κ1) is 30.4. The number of nitrogens with one attached hydrogen (secondary N) is 1. The molecule has 2 aromatic carbocycles. The van der Waals surface area contributed by atoms with E-state index in [4.69, 9.17) is 4.42 Å². The molecule has 11 heteroatoms. The van der Waals surface area contributed by atoms with Crippen LogP contribution in [0.3, 0.4) is 0 Å². The fourth-order valence-corrected chi connectivity index (χ4v) is 4.98. The minimum absolute atomic E-state index is 0.0324. The Balaban J connectivity index is 1.66. The van der Waals surface area contributed by atoms with Crippen molar-refractivity contribution >= 4 is 17.7 Å². The van der Waals surface area contributed by atoms with Crippen LogP contribution >= 0.6 is 0 Å². The van der Waals surface area contributed by atoms with Gasteiger partial charge in [0.05, 0.1) is 31.4 Å². The lowest BCUT2D eigenvalue weighted by Gasteiger charge is -2.33. The van der Waals surface area contributed by atoms with Crippen LogP contribution in [-0.2, 0) is 22.6 Å². The molecule has 0 radical (unpaired) electrons. The Labute approximate surface area is 242 Å². The van der Waals surface area contributed by atoms with Gasteiger partial charge in [-0.15, -0.1) is 6.58 Å². The van der Waals surface area contributed by atoms with Gasteiger partial charge in [0.15, 0.2) is 6.10 Å². The van der Waals surface area contributed by atoms with Gasteiger partial charge in [-0.1, -0.05) is 42.5 Å². The molecule has 222 valence electrons. The van der Waals surface area contributed by atoms with Crippen molar-refractivity contribution in [3.8, 4) is 5.75 Å². The summed E-state index contributed by atoms with van der Waals surface area (Å²) in [5.74, 6) is -6.08. The maximum Gasteiger partial charge on any atom is 0.285 e. The van der Waals surface area contributed by atoms with Crippen molar-refractivity contribution in [2.24, 2.45) is 0 Å². The third kappa shape index (κ3) is 6.36. The number of aliphatic hydroxyl groups excluding tert-OH is 1. The number of amides is 3. The molecule has 0 saturated carbocycles. The number of hydrogen-bond donors (Lipinski definition) is 3. The van der Waals surface area contributed by atoms with Gasteiger partial charge in [-0.25, -0.2) is 8.78 Å². The number of benzene rings is 2. The maximum atomic E-state index is 15.5. The second-order valence-corrected chi connectivity index (χ2v) is 10.3. The average molecular weight is 582 g/mol. The largest absolute Gasteiger partial charge is 0.508 e. The Hall–Kier alpha value is -4.51. The summed E-state index contributed by atoms with van der Waals surface area (Å²) in [5, 5.41) is 24.0. The van der Waals surface area contributed by atoms with Gasteiger partial charge in [-0.3, -0.25) is 14.4 Å². The molecule has 1 aliphatic rings. The van der Waals surface area contributed by atoms with Gasteiger partial charge < -0.3 is 29.7 Å². The number of carbonyl (C=O) groups is 3. The van der Waals surface area contributed by atoms with Crippen LogP contribution < -0.4 is 5.32 Å². The van der Waals surface area contributed by atoms with E-state index in [1.165, 1.54) is 38.3 Å². The Kier molecular flexibility index (Phi) is 9.11. The third-order valence-corrected chi connectivity index (χ3v) is 7.54. The average Bonchev–Trinajstić information content (AvgIpc) is 3.47. The zero-order valence-corrected chi connectivity index (χ0v) is 23.2. The van der Waals surface area contributed by atoms with Crippen LogP contribution in [-0.4, -0.2) is 74.4 Å². The van der Waals surface area contributed by atoms with Crippen molar-refractivity contribution in [1.82, 2.24) is 15.1 Å². The van der Waals surface area contributed by atoms with Crippen LogP contribution in [0.25, 0.3) is 0 Å². The molecule has 4 rings (SSSR count). The van der Waals surface area contributed by atoms with Crippen LogP contribution in [0.1, 0.15) is 34.2 Å². The summed E-state index contributed by atoms with van der Waals surface area (Å²) >= 11 is 0. The highest BCUT2D eigenvalue weighted by atomic mass is 19.3. The highest BCUT2D eigenvalue weighted by molar-refractivity contribution is 5.97. The number of phenols is 1. The first-order valence-corrected chi connectivity index (χ1v) is 13.4. The summed E-state index contributed by atoms with van der Waals surface area (Å²) in [6.07, 6.45) is 0.397. The summed E-state index contributed by atoms with van der Waals surface area (Å²) in [6, 6.07) is 11.7. The molecule has 9 nitrogen and oxygen atoms in total. The second-order valence-electron chi connectivity index (χ2n) is 10.3. The van der Waals surface area contributed by atoms with E-state index < -0.39 is 54.4 Å². The fraction of sp³-hybridized carbons (Fsp3) is 0.323. The molecular weight excluding hydrogens is 548 g/mol. The van der Waals surface area contributed by atoms with Gasteiger partial charge in [-0.2, -0.15) is 0 Å². The minimum atomic E-state index is -3.56. The van der Waals surface area contributed by atoms with Crippen LogP contribution in [0, 0.1) is 6.92 Å². The van der Waals surface area contributed by atoms with Gasteiger partial charge in [0.1, 0.15) is 17.6 Å². The molecular formula is C31H33F2N3O6. The lowest BCUT2D eigenvalue weighted by Crippen LogP contribution is -2.57. The number of hydrogen-bond acceptors (Lipinski definition) is 6. The number of carbonyl (C=O) groups excluding carboxylic acids is 3. The van der Waals surface area contributed by atoms with E-state index in [-0.39, 0.29) is 35.6 Å². The molecule has 1 unspecified atom stereocenters. The summed E-state index contributed by atoms with van der Waals surface area (Å²) in [5.41, 5.74) is 1.04. The maximum absolute atomic E-state index is 15.5. The van der Waals surface area contributed by atoms with Crippen molar-refractivity contribution in [3.05, 3.63) is 102 Å². The van der Waals surface area contributed by atoms with Crippen LogP contribution in [0.4, 0.5) is 8.78 Å². The zero-order chi connectivity index (χ0) is 30.6. The van der Waals surface area contributed by atoms with E-state index in [0.29, 0.717) is 10.5 Å². The Morgan fingerprint density at radius 1 is 1.17 bits per heavy atom. The van der Waals surface area contributed by atoms with Gasteiger partial charge >= 0.3 is 0 Å².